The summed E-state index contributed by atoms with van der Waals surface area (Å²) < 4.78 is 5.32. The molecule has 31 heavy (non-hydrogen) atoms. The smallest absolute Gasteiger partial charge is 0.191 e. The minimum Gasteiger partial charge on any atom is -0.497 e. The van der Waals surface area contributed by atoms with Crippen molar-refractivity contribution < 1.29 is 4.74 Å². The van der Waals surface area contributed by atoms with Crippen LogP contribution < -0.4 is 20.7 Å². The molecule has 2 heterocycles. The number of aromatic nitrogens is 1. The summed E-state index contributed by atoms with van der Waals surface area (Å²) in [4.78, 5) is 11.2. The Labute approximate surface area is 186 Å². The van der Waals surface area contributed by atoms with Crippen molar-refractivity contribution >= 4 is 11.8 Å². The number of methoxy groups -OCH3 is 1. The molecule has 1 aliphatic rings. The summed E-state index contributed by atoms with van der Waals surface area (Å²) >= 11 is 0. The zero-order valence-corrected chi connectivity index (χ0v) is 18.8. The monoisotopic (exact) mass is 424 g/mol. The molecule has 1 unspecified atom stereocenters. The largest absolute Gasteiger partial charge is 0.497 e. The second kappa shape index (κ2) is 12.8. The van der Waals surface area contributed by atoms with Gasteiger partial charge in [-0.1, -0.05) is 18.2 Å². The third kappa shape index (κ3) is 7.43. The number of anilines is 1. The molecule has 0 radical (unpaired) electrons. The zero-order chi connectivity index (χ0) is 21.7. The first-order valence-corrected chi connectivity index (χ1v) is 11.3. The van der Waals surface area contributed by atoms with E-state index in [4.69, 9.17) is 4.74 Å². The summed E-state index contributed by atoms with van der Waals surface area (Å²) in [6.45, 7) is 4.92. The fraction of sp³-hybridized carbons (Fsp3) is 0.500. The van der Waals surface area contributed by atoms with Crippen LogP contribution >= 0.6 is 0 Å². The van der Waals surface area contributed by atoms with E-state index in [-0.39, 0.29) is 0 Å². The standard InChI is InChI=1S/C24H36N6O/c1-25-24(28-16-6-5-15-27-23-9-3-4-14-26-23)29-19-22(30-17-7-8-18-30)20-10-12-21(31-2)13-11-20/h3-4,9-14,22H,5-8,15-19H2,1-2H3,(H,26,27)(H2,25,28,29). The van der Waals surface area contributed by atoms with Gasteiger partial charge in [-0.25, -0.2) is 4.98 Å². The number of rotatable bonds is 11. The Morgan fingerprint density at radius 3 is 2.52 bits per heavy atom. The molecule has 1 saturated heterocycles. The first-order valence-electron chi connectivity index (χ1n) is 11.3. The molecule has 7 nitrogen and oxygen atoms in total. The molecule has 1 fully saturated rings. The number of unbranched alkanes of at least 4 members (excludes halogenated alkanes) is 1. The van der Waals surface area contributed by atoms with Gasteiger partial charge in [0.25, 0.3) is 0 Å². The number of hydrogen-bond acceptors (Lipinski definition) is 5. The summed E-state index contributed by atoms with van der Waals surface area (Å²) in [6.07, 6.45) is 6.48. The van der Waals surface area contributed by atoms with Gasteiger partial charge in [-0.3, -0.25) is 9.89 Å². The number of ether oxygens (including phenoxy) is 1. The molecule has 1 atom stereocenters. The lowest BCUT2D eigenvalue weighted by Gasteiger charge is -2.29. The number of likely N-dealkylation sites (tertiary alicyclic amines) is 1. The van der Waals surface area contributed by atoms with Crippen LogP contribution in [0.4, 0.5) is 5.82 Å². The van der Waals surface area contributed by atoms with Crippen LogP contribution in [-0.2, 0) is 0 Å². The number of pyridine rings is 1. The highest BCUT2D eigenvalue weighted by molar-refractivity contribution is 5.79. The second-order valence-electron chi connectivity index (χ2n) is 7.76. The number of hydrogen-bond donors (Lipinski definition) is 3. The zero-order valence-electron chi connectivity index (χ0n) is 18.8. The average Bonchev–Trinajstić information content (AvgIpc) is 3.35. The van der Waals surface area contributed by atoms with E-state index >= 15 is 0 Å². The van der Waals surface area contributed by atoms with Gasteiger partial charge < -0.3 is 20.7 Å². The second-order valence-corrected chi connectivity index (χ2v) is 7.76. The molecule has 1 aromatic carbocycles. The predicted molar refractivity (Wildman–Crippen MR) is 128 cm³/mol. The maximum Gasteiger partial charge on any atom is 0.191 e. The van der Waals surface area contributed by atoms with Crippen molar-refractivity contribution in [3.05, 3.63) is 54.2 Å². The number of nitrogens with one attached hydrogen (secondary N) is 3. The van der Waals surface area contributed by atoms with Gasteiger partial charge in [-0.2, -0.15) is 0 Å². The summed E-state index contributed by atoms with van der Waals surface area (Å²) in [7, 11) is 3.54. The molecule has 0 aliphatic carbocycles. The Kier molecular flexibility index (Phi) is 9.44. The molecule has 0 spiro atoms. The molecular weight excluding hydrogens is 388 g/mol. The van der Waals surface area contributed by atoms with Crippen molar-refractivity contribution in [2.75, 3.05) is 52.2 Å². The normalized spacial score (nSPS) is 15.5. The lowest BCUT2D eigenvalue weighted by Crippen LogP contribution is -2.43. The van der Waals surface area contributed by atoms with Crippen molar-refractivity contribution in [3.8, 4) is 5.75 Å². The Morgan fingerprint density at radius 2 is 1.84 bits per heavy atom. The summed E-state index contributed by atoms with van der Waals surface area (Å²) in [5.41, 5.74) is 1.31. The Morgan fingerprint density at radius 1 is 1.06 bits per heavy atom. The molecule has 168 valence electrons. The van der Waals surface area contributed by atoms with Gasteiger partial charge in [0.15, 0.2) is 5.96 Å². The highest BCUT2D eigenvalue weighted by Crippen LogP contribution is 2.26. The lowest BCUT2D eigenvalue weighted by atomic mass is 10.1. The van der Waals surface area contributed by atoms with Gasteiger partial charge in [0.05, 0.1) is 13.2 Å². The minimum absolute atomic E-state index is 0.328. The van der Waals surface area contributed by atoms with E-state index in [9.17, 15) is 0 Å². The van der Waals surface area contributed by atoms with E-state index in [0.29, 0.717) is 6.04 Å². The lowest BCUT2D eigenvalue weighted by molar-refractivity contribution is 0.245. The Balaban J connectivity index is 1.42. The van der Waals surface area contributed by atoms with Gasteiger partial charge in [0.2, 0.25) is 0 Å². The highest BCUT2D eigenvalue weighted by atomic mass is 16.5. The highest BCUT2D eigenvalue weighted by Gasteiger charge is 2.23. The van der Waals surface area contributed by atoms with Crippen LogP contribution in [0.5, 0.6) is 5.75 Å². The van der Waals surface area contributed by atoms with Crippen LogP contribution in [0.3, 0.4) is 0 Å². The third-order valence-corrected chi connectivity index (χ3v) is 5.64. The molecule has 1 aromatic heterocycles. The number of benzene rings is 1. The SMILES string of the molecule is CN=C(NCCCCNc1ccccn1)NCC(c1ccc(OC)cc1)N1CCCC1. The summed E-state index contributed by atoms with van der Waals surface area (Å²) in [6, 6.07) is 14.7. The van der Waals surface area contributed by atoms with Crippen molar-refractivity contribution in [1.82, 2.24) is 20.5 Å². The maximum atomic E-state index is 5.32. The van der Waals surface area contributed by atoms with E-state index < -0.39 is 0 Å². The Bertz CT molecular complexity index is 774. The van der Waals surface area contributed by atoms with Crippen LogP contribution in [-0.4, -0.2) is 62.7 Å². The van der Waals surface area contributed by atoms with Gasteiger partial charge in [-0.05, 0) is 68.6 Å². The fourth-order valence-electron chi connectivity index (χ4n) is 3.89. The molecule has 3 rings (SSSR count). The van der Waals surface area contributed by atoms with Crippen molar-refractivity contribution in [3.63, 3.8) is 0 Å². The first-order chi connectivity index (χ1) is 15.3. The van der Waals surface area contributed by atoms with Gasteiger partial charge in [0, 0.05) is 32.9 Å². The average molecular weight is 425 g/mol. The topological polar surface area (TPSA) is 73.8 Å². The van der Waals surface area contributed by atoms with Crippen LogP contribution in [0.15, 0.2) is 53.7 Å². The van der Waals surface area contributed by atoms with Crippen molar-refractivity contribution in [2.45, 2.75) is 31.7 Å². The van der Waals surface area contributed by atoms with Crippen LogP contribution in [0.25, 0.3) is 0 Å². The Hall–Kier alpha value is -2.80. The molecule has 7 heteroatoms. The number of aliphatic imine (C=N–C) groups is 1. The molecule has 2 aromatic rings. The van der Waals surface area contributed by atoms with E-state index in [1.54, 1.807) is 13.3 Å². The van der Waals surface area contributed by atoms with Crippen LogP contribution in [0.2, 0.25) is 0 Å². The fourth-order valence-corrected chi connectivity index (χ4v) is 3.89. The quantitative estimate of drug-likeness (QED) is 0.292. The van der Waals surface area contributed by atoms with Crippen molar-refractivity contribution in [2.24, 2.45) is 4.99 Å². The van der Waals surface area contributed by atoms with E-state index in [0.717, 1.165) is 63.1 Å². The summed E-state index contributed by atoms with van der Waals surface area (Å²) in [5.74, 6) is 2.68. The van der Waals surface area contributed by atoms with E-state index in [1.165, 1.54) is 18.4 Å². The molecule has 0 amide bonds. The molecule has 1 aliphatic heterocycles. The van der Waals surface area contributed by atoms with Gasteiger partial charge in [0.1, 0.15) is 11.6 Å². The van der Waals surface area contributed by atoms with Gasteiger partial charge >= 0.3 is 0 Å². The van der Waals surface area contributed by atoms with Crippen LogP contribution in [0.1, 0.15) is 37.3 Å². The summed E-state index contributed by atoms with van der Waals surface area (Å²) in [5, 5.41) is 10.3. The van der Waals surface area contributed by atoms with Crippen LogP contribution in [0, 0.1) is 0 Å². The molecular formula is C24H36N6O. The number of guanidine groups is 1. The molecule has 3 N–H and O–H groups in total. The minimum atomic E-state index is 0.328. The van der Waals surface area contributed by atoms with Crippen molar-refractivity contribution in [1.29, 1.82) is 0 Å². The first kappa shape index (κ1) is 22.9. The molecule has 0 bridgehead atoms. The number of nitrogens with zero attached hydrogens (tertiary/aromatic N) is 3. The van der Waals surface area contributed by atoms with E-state index in [2.05, 4.69) is 43.0 Å². The predicted octanol–water partition coefficient (Wildman–Crippen LogP) is 3.28. The third-order valence-electron chi connectivity index (χ3n) is 5.64. The van der Waals surface area contributed by atoms with E-state index in [1.807, 2.05) is 37.4 Å². The molecule has 0 saturated carbocycles. The maximum absolute atomic E-state index is 5.32. The van der Waals surface area contributed by atoms with Gasteiger partial charge in [-0.15, -0.1) is 0 Å².